The second-order valence-electron chi connectivity index (χ2n) is 4.04. The fourth-order valence-corrected chi connectivity index (χ4v) is 2.77. The van der Waals surface area contributed by atoms with Gasteiger partial charge in [0, 0.05) is 5.69 Å². The van der Waals surface area contributed by atoms with Crippen molar-refractivity contribution in [2.24, 2.45) is 0 Å². The number of rotatable bonds is 5. The van der Waals surface area contributed by atoms with E-state index in [1.54, 1.807) is 42.5 Å². The van der Waals surface area contributed by atoms with Crippen LogP contribution in [-0.4, -0.2) is 14.7 Å². The topological polar surface area (TPSA) is 63.2 Å². The van der Waals surface area contributed by atoms with E-state index in [1.165, 1.54) is 18.2 Å². The highest BCUT2D eigenvalue weighted by molar-refractivity contribution is 7.92. The molecular formula is C15H13NO3S. The van der Waals surface area contributed by atoms with Crippen LogP contribution in [0.15, 0.2) is 65.6 Å². The van der Waals surface area contributed by atoms with E-state index in [2.05, 4.69) is 4.72 Å². The van der Waals surface area contributed by atoms with Gasteiger partial charge in [0.1, 0.15) is 6.29 Å². The largest absolute Gasteiger partial charge is 0.299 e. The number of nitrogens with one attached hydrogen (secondary N) is 1. The molecule has 0 atom stereocenters. The third-order valence-electron chi connectivity index (χ3n) is 2.56. The van der Waals surface area contributed by atoms with Crippen LogP contribution in [-0.2, 0) is 14.8 Å². The molecule has 0 radical (unpaired) electrons. The minimum atomic E-state index is -3.63. The lowest BCUT2D eigenvalue weighted by molar-refractivity contribution is -0.104. The molecule has 0 fully saturated rings. The predicted molar refractivity (Wildman–Crippen MR) is 78.8 cm³/mol. The second kappa shape index (κ2) is 6.16. The van der Waals surface area contributed by atoms with Crippen LogP contribution < -0.4 is 4.72 Å². The van der Waals surface area contributed by atoms with E-state index < -0.39 is 10.0 Å². The number of allylic oxidation sites excluding steroid dienone is 1. The summed E-state index contributed by atoms with van der Waals surface area (Å²) >= 11 is 0. The number of aldehydes is 1. The van der Waals surface area contributed by atoms with Gasteiger partial charge in [-0.2, -0.15) is 0 Å². The summed E-state index contributed by atoms with van der Waals surface area (Å²) in [6, 6.07) is 15.0. The molecule has 0 aliphatic carbocycles. The van der Waals surface area contributed by atoms with Crippen molar-refractivity contribution in [3.63, 3.8) is 0 Å². The van der Waals surface area contributed by atoms with Crippen molar-refractivity contribution in [3.8, 4) is 0 Å². The molecule has 2 rings (SSSR count). The van der Waals surface area contributed by atoms with Gasteiger partial charge in [-0.1, -0.05) is 36.4 Å². The van der Waals surface area contributed by atoms with Crippen molar-refractivity contribution in [1.82, 2.24) is 0 Å². The van der Waals surface area contributed by atoms with E-state index in [1.807, 2.05) is 6.07 Å². The maximum absolute atomic E-state index is 12.2. The quantitative estimate of drug-likeness (QED) is 0.679. The summed E-state index contributed by atoms with van der Waals surface area (Å²) in [5.74, 6) is 0. The Kier molecular flexibility index (Phi) is 4.32. The average Bonchev–Trinajstić information content (AvgIpc) is 2.46. The number of carbonyl (C=O) groups excluding carboxylic acids is 1. The molecule has 1 N–H and O–H groups in total. The average molecular weight is 287 g/mol. The van der Waals surface area contributed by atoms with Crippen LogP contribution in [0.2, 0.25) is 0 Å². The Morgan fingerprint density at radius 1 is 0.950 bits per heavy atom. The predicted octanol–water partition coefficient (Wildman–Crippen LogP) is 2.70. The number of anilines is 1. The van der Waals surface area contributed by atoms with Crippen LogP contribution in [0, 0.1) is 0 Å². The fraction of sp³-hybridized carbons (Fsp3) is 0. The summed E-state index contributed by atoms with van der Waals surface area (Å²) in [5, 5.41) is 0. The molecule has 102 valence electrons. The molecule has 2 aromatic rings. The van der Waals surface area contributed by atoms with E-state index in [0.29, 0.717) is 17.5 Å². The molecule has 0 saturated carbocycles. The van der Waals surface area contributed by atoms with E-state index in [-0.39, 0.29) is 4.90 Å². The summed E-state index contributed by atoms with van der Waals surface area (Å²) in [5.41, 5.74) is 1.15. The van der Waals surface area contributed by atoms with Gasteiger partial charge in [-0.3, -0.25) is 9.52 Å². The Bertz CT molecular complexity index is 722. The van der Waals surface area contributed by atoms with E-state index in [0.717, 1.165) is 0 Å². The number of carbonyl (C=O) groups is 1. The Balaban J connectivity index is 2.30. The molecule has 0 unspecified atom stereocenters. The standard InChI is InChI=1S/C15H13NO3S/c17-11-5-7-13-6-4-10-15(12-13)20(18,19)16-14-8-2-1-3-9-14/h1-12,16H/b7-5+. The second-order valence-corrected chi connectivity index (χ2v) is 5.72. The van der Waals surface area contributed by atoms with Gasteiger partial charge >= 0.3 is 0 Å². The number of hydrogen-bond acceptors (Lipinski definition) is 3. The molecule has 0 heterocycles. The van der Waals surface area contributed by atoms with E-state index in [9.17, 15) is 13.2 Å². The summed E-state index contributed by atoms with van der Waals surface area (Å²) in [6.07, 6.45) is 3.51. The molecule has 0 aromatic heterocycles. The molecule has 4 nitrogen and oxygen atoms in total. The Hall–Kier alpha value is -2.40. The first-order valence-electron chi connectivity index (χ1n) is 5.91. The van der Waals surface area contributed by atoms with Gasteiger partial charge in [0.2, 0.25) is 0 Å². The van der Waals surface area contributed by atoms with Gasteiger partial charge in [0.05, 0.1) is 4.90 Å². The van der Waals surface area contributed by atoms with Crippen molar-refractivity contribution in [2.75, 3.05) is 4.72 Å². The lowest BCUT2D eigenvalue weighted by Gasteiger charge is -2.08. The van der Waals surface area contributed by atoms with Crippen molar-refractivity contribution in [3.05, 3.63) is 66.2 Å². The minimum absolute atomic E-state index is 0.148. The lowest BCUT2D eigenvalue weighted by atomic mass is 10.2. The highest BCUT2D eigenvalue weighted by Crippen LogP contribution is 2.17. The van der Waals surface area contributed by atoms with Crippen LogP contribution in [0.4, 0.5) is 5.69 Å². The van der Waals surface area contributed by atoms with Crippen molar-refractivity contribution >= 4 is 28.1 Å². The van der Waals surface area contributed by atoms with Crippen molar-refractivity contribution < 1.29 is 13.2 Å². The molecule has 0 amide bonds. The summed E-state index contributed by atoms with van der Waals surface area (Å²) in [4.78, 5) is 10.4. The van der Waals surface area contributed by atoms with Gasteiger partial charge in [0.25, 0.3) is 10.0 Å². The zero-order valence-corrected chi connectivity index (χ0v) is 11.4. The maximum Gasteiger partial charge on any atom is 0.261 e. The summed E-state index contributed by atoms with van der Waals surface area (Å²) < 4.78 is 26.9. The zero-order chi connectivity index (χ0) is 14.4. The molecule has 0 aliphatic rings. The van der Waals surface area contributed by atoms with Gasteiger partial charge in [-0.05, 0) is 35.9 Å². The van der Waals surface area contributed by atoms with Crippen LogP contribution >= 0.6 is 0 Å². The highest BCUT2D eigenvalue weighted by atomic mass is 32.2. The molecule has 5 heteroatoms. The van der Waals surface area contributed by atoms with Crippen LogP contribution in [0.1, 0.15) is 5.56 Å². The molecule has 0 spiro atoms. The van der Waals surface area contributed by atoms with E-state index >= 15 is 0 Å². The van der Waals surface area contributed by atoms with Crippen LogP contribution in [0.25, 0.3) is 6.08 Å². The Morgan fingerprint density at radius 2 is 1.70 bits per heavy atom. The molecule has 2 aromatic carbocycles. The number of hydrogen-bond donors (Lipinski definition) is 1. The van der Waals surface area contributed by atoms with Crippen LogP contribution in [0.5, 0.6) is 0 Å². The Labute approximate surface area is 117 Å². The molecular weight excluding hydrogens is 274 g/mol. The van der Waals surface area contributed by atoms with Gasteiger partial charge in [-0.15, -0.1) is 0 Å². The summed E-state index contributed by atoms with van der Waals surface area (Å²) in [7, 11) is -3.63. The van der Waals surface area contributed by atoms with Crippen molar-refractivity contribution in [1.29, 1.82) is 0 Å². The van der Waals surface area contributed by atoms with Crippen molar-refractivity contribution in [2.45, 2.75) is 4.90 Å². The normalized spacial score (nSPS) is 11.4. The fourth-order valence-electron chi connectivity index (χ4n) is 1.66. The smallest absolute Gasteiger partial charge is 0.261 e. The summed E-state index contributed by atoms with van der Waals surface area (Å²) in [6.45, 7) is 0. The first-order chi connectivity index (χ1) is 9.62. The number of benzene rings is 2. The Morgan fingerprint density at radius 3 is 2.40 bits per heavy atom. The molecule has 0 saturated heterocycles. The maximum atomic E-state index is 12.2. The first-order valence-corrected chi connectivity index (χ1v) is 7.40. The lowest BCUT2D eigenvalue weighted by Crippen LogP contribution is -2.12. The van der Waals surface area contributed by atoms with Gasteiger partial charge in [0.15, 0.2) is 0 Å². The monoisotopic (exact) mass is 287 g/mol. The van der Waals surface area contributed by atoms with Gasteiger partial charge < -0.3 is 0 Å². The molecule has 0 bridgehead atoms. The zero-order valence-electron chi connectivity index (χ0n) is 10.6. The molecule has 20 heavy (non-hydrogen) atoms. The third kappa shape index (κ3) is 3.55. The molecule has 0 aliphatic heterocycles. The first kappa shape index (κ1) is 14.0. The SMILES string of the molecule is O=C/C=C/c1cccc(S(=O)(=O)Nc2ccccc2)c1. The van der Waals surface area contributed by atoms with Gasteiger partial charge in [-0.25, -0.2) is 8.42 Å². The third-order valence-corrected chi connectivity index (χ3v) is 3.94. The van der Waals surface area contributed by atoms with E-state index in [4.69, 9.17) is 0 Å². The number of para-hydroxylation sites is 1. The highest BCUT2D eigenvalue weighted by Gasteiger charge is 2.13. The minimum Gasteiger partial charge on any atom is -0.299 e. The van der Waals surface area contributed by atoms with Crippen LogP contribution in [0.3, 0.4) is 0 Å². The number of sulfonamides is 1.